The van der Waals surface area contributed by atoms with Crippen LogP contribution in [0.25, 0.3) is 0 Å². The Morgan fingerprint density at radius 3 is 3.08 bits per heavy atom. The van der Waals surface area contributed by atoms with Crippen molar-refractivity contribution in [3.8, 4) is 0 Å². The number of aromatic nitrogens is 1. The zero-order valence-electron chi connectivity index (χ0n) is 7.29. The van der Waals surface area contributed by atoms with E-state index in [0.29, 0.717) is 18.8 Å². The molecule has 0 spiro atoms. The standard InChI is InChI=1S/C9H13N3O/c10-5-1-2-6-12-9(13)8-4-3-7-11-8/h1-4,7,11H,5-6,10H2,(H,12,13)/b2-1+. The molecule has 0 aliphatic carbocycles. The van der Waals surface area contributed by atoms with Gasteiger partial charge in [0.25, 0.3) is 5.91 Å². The van der Waals surface area contributed by atoms with Crippen LogP contribution in [0.5, 0.6) is 0 Å². The third kappa shape index (κ3) is 3.13. The fourth-order valence-corrected chi connectivity index (χ4v) is 0.898. The second kappa shape index (κ2) is 5.16. The van der Waals surface area contributed by atoms with Gasteiger partial charge in [-0.05, 0) is 12.1 Å². The predicted molar refractivity (Wildman–Crippen MR) is 51.3 cm³/mol. The summed E-state index contributed by atoms with van der Waals surface area (Å²) in [5.41, 5.74) is 5.80. The molecule has 4 heteroatoms. The third-order valence-corrected chi connectivity index (χ3v) is 1.53. The number of carbonyl (C=O) groups is 1. The molecule has 0 saturated heterocycles. The minimum Gasteiger partial charge on any atom is -0.357 e. The summed E-state index contributed by atoms with van der Waals surface area (Å²) in [6, 6.07) is 3.51. The summed E-state index contributed by atoms with van der Waals surface area (Å²) < 4.78 is 0. The van der Waals surface area contributed by atoms with Crippen LogP contribution in [0.1, 0.15) is 10.5 Å². The number of hydrogen-bond donors (Lipinski definition) is 3. The molecule has 1 heterocycles. The zero-order valence-corrected chi connectivity index (χ0v) is 7.29. The molecule has 1 aromatic heterocycles. The minimum atomic E-state index is -0.105. The fourth-order valence-electron chi connectivity index (χ4n) is 0.898. The molecule has 0 unspecified atom stereocenters. The second-order valence-corrected chi connectivity index (χ2v) is 2.50. The van der Waals surface area contributed by atoms with Gasteiger partial charge in [-0.25, -0.2) is 0 Å². The van der Waals surface area contributed by atoms with Gasteiger partial charge in [-0.15, -0.1) is 0 Å². The van der Waals surface area contributed by atoms with Gasteiger partial charge < -0.3 is 16.0 Å². The molecule has 1 rings (SSSR count). The Morgan fingerprint density at radius 2 is 2.46 bits per heavy atom. The summed E-state index contributed by atoms with van der Waals surface area (Å²) in [5.74, 6) is -0.105. The van der Waals surface area contributed by atoms with E-state index in [1.165, 1.54) is 0 Å². The second-order valence-electron chi connectivity index (χ2n) is 2.50. The van der Waals surface area contributed by atoms with Crippen LogP contribution in [-0.2, 0) is 0 Å². The average Bonchev–Trinajstić information content (AvgIpc) is 2.65. The number of H-pyrrole nitrogens is 1. The SMILES string of the molecule is NC/C=C/CNC(=O)c1ccc[nH]1. The van der Waals surface area contributed by atoms with E-state index in [-0.39, 0.29) is 5.91 Å². The first-order valence-corrected chi connectivity index (χ1v) is 4.11. The molecule has 1 amide bonds. The van der Waals surface area contributed by atoms with E-state index < -0.39 is 0 Å². The van der Waals surface area contributed by atoms with Crippen LogP contribution < -0.4 is 11.1 Å². The van der Waals surface area contributed by atoms with E-state index in [1.807, 2.05) is 6.08 Å². The van der Waals surface area contributed by atoms with Gasteiger partial charge in [-0.3, -0.25) is 4.79 Å². The van der Waals surface area contributed by atoms with E-state index in [0.717, 1.165) is 0 Å². The van der Waals surface area contributed by atoms with Gasteiger partial charge in [-0.1, -0.05) is 12.2 Å². The molecule has 0 fully saturated rings. The summed E-state index contributed by atoms with van der Waals surface area (Å²) in [5, 5.41) is 2.71. The Morgan fingerprint density at radius 1 is 1.62 bits per heavy atom. The molecule has 70 valence electrons. The van der Waals surface area contributed by atoms with Crippen LogP contribution in [0.4, 0.5) is 0 Å². The van der Waals surface area contributed by atoms with Crippen molar-refractivity contribution in [2.75, 3.05) is 13.1 Å². The Bertz CT molecular complexity index is 277. The molecule has 0 atom stereocenters. The largest absolute Gasteiger partial charge is 0.357 e. The van der Waals surface area contributed by atoms with Crippen molar-refractivity contribution in [2.45, 2.75) is 0 Å². The van der Waals surface area contributed by atoms with E-state index in [9.17, 15) is 4.79 Å². The van der Waals surface area contributed by atoms with Gasteiger partial charge in [0.1, 0.15) is 5.69 Å². The van der Waals surface area contributed by atoms with Gasteiger partial charge >= 0.3 is 0 Å². The summed E-state index contributed by atoms with van der Waals surface area (Å²) >= 11 is 0. The Hall–Kier alpha value is -1.55. The molecule has 0 bridgehead atoms. The van der Waals surface area contributed by atoms with Crippen LogP contribution in [0, 0.1) is 0 Å². The molecular weight excluding hydrogens is 166 g/mol. The lowest BCUT2D eigenvalue weighted by Gasteiger charge is -1.98. The highest BCUT2D eigenvalue weighted by Gasteiger charge is 2.02. The van der Waals surface area contributed by atoms with Gasteiger partial charge in [0.2, 0.25) is 0 Å². The topological polar surface area (TPSA) is 70.9 Å². The maximum Gasteiger partial charge on any atom is 0.267 e. The molecule has 13 heavy (non-hydrogen) atoms. The Labute approximate surface area is 76.8 Å². The molecule has 4 nitrogen and oxygen atoms in total. The monoisotopic (exact) mass is 179 g/mol. The first kappa shape index (κ1) is 9.54. The van der Waals surface area contributed by atoms with Crippen LogP contribution in [0.3, 0.4) is 0 Å². The van der Waals surface area contributed by atoms with Crippen molar-refractivity contribution in [3.05, 3.63) is 36.2 Å². The normalized spacial score (nSPS) is 10.5. The molecule has 0 saturated carbocycles. The molecular formula is C9H13N3O. The molecule has 0 aliphatic heterocycles. The van der Waals surface area contributed by atoms with Gasteiger partial charge in [0.15, 0.2) is 0 Å². The zero-order chi connectivity index (χ0) is 9.52. The van der Waals surface area contributed by atoms with Gasteiger partial charge in [0.05, 0.1) is 0 Å². The van der Waals surface area contributed by atoms with Crippen molar-refractivity contribution in [3.63, 3.8) is 0 Å². The molecule has 4 N–H and O–H groups in total. The smallest absolute Gasteiger partial charge is 0.267 e. The number of nitrogens with two attached hydrogens (primary N) is 1. The minimum absolute atomic E-state index is 0.105. The lowest BCUT2D eigenvalue weighted by atomic mass is 10.4. The Balaban J connectivity index is 2.31. The first-order chi connectivity index (χ1) is 6.34. The Kier molecular flexibility index (Phi) is 3.78. The predicted octanol–water partition coefficient (Wildman–Crippen LogP) is 0.259. The number of amides is 1. The van der Waals surface area contributed by atoms with Crippen LogP contribution in [0.2, 0.25) is 0 Å². The lowest BCUT2D eigenvalue weighted by molar-refractivity contribution is 0.0953. The molecule has 0 radical (unpaired) electrons. The number of carbonyl (C=O) groups excluding carboxylic acids is 1. The van der Waals surface area contributed by atoms with Crippen LogP contribution >= 0.6 is 0 Å². The quantitative estimate of drug-likeness (QED) is 0.580. The fraction of sp³-hybridized carbons (Fsp3) is 0.222. The van der Waals surface area contributed by atoms with Crippen LogP contribution in [-0.4, -0.2) is 24.0 Å². The lowest BCUT2D eigenvalue weighted by Crippen LogP contribution is -2.23. The highest BCUT2D eigenvalue weighted by molar-refractivity contribution is 5.92. The number of nitrogens with one attached hydrogen (secondary N) is 2. The van der Waals surface area contributed by atoms with Gasteiger partial charge in [0, 0.05) is 19.3 Å². The summed E-state index contributed by atoms with van der Waals surface area (Å²) in [6.45, 7) is 1.01. The highest BCUT2D eigenvalue weighted by Crippen LogP contribution is 1.92. The average molecular weight is 179 g/mol. The van der Waals surface area contributed by atoms with E-state index in [4.69, 9.17) is 5.73 Å². The van der Waals surface area contributed by atoms with Crippen molar-refractivity contribution in [2.24, 2.45) is 5.73 Å². The number of hydrogen-bond acceptors (Lipinski definition) is 2. The van der Waals surface area contributed by atoms with Gasteiger partial charge in [-0.2, -0.15) is 0 Å². The highest BCUT2D eigenvalue weighted by atomic mass is 16.1. The third-order valence-electron chi connectivity index (χ3n) is 1.53. The van der Waals surface area contributed by atoms with Crippen molar-refractivity contribution in [1.29, 1.82) is 0 Å². The van der Waals surface area contributed by atoms with E-state index >= 15 is 0 Å². The van der Waals surface area contributed by atoms with Crippen molar-refractivity contribution >= 4 is 5.91 Å². The van der Waals surface area contributed by atoms with Crippen molar-refractivity contribution < 1.29 is 4.79 Å². The molecule has 0 aliphatic rings. The summed E-state index contributed by atoms with van der Waals surface area (Å²) in [7, 11) is 0. The first-order valence-electron chi connectivity index (χ1n) is 4.11. The summed E-state index contributed by atoms with van der Waals surface area (Å²) in [4.78, 5) is 14.1. The van der Waals surface area contributed by atoms with E-state index in [2.05, 4.69) is 10.3 Å². The van der Waals surface area contributed by atoms with Crippen molar-refractivity contribution in [1.82, 2.24) is 10.3 Å². The molecule has 0 aromatic carbocycles. The maximum atomic E-state index is 11.3. The van der Waals surface area contributed by atoms with Crippen LogP contribution in [0.15, 0.2) is 30.5 Å². The molecule has 1 aromatic rings. The van der Waals surface area contributed by atoms with E-state index in [1.54, 1.807) is 24.4 Å². The number of rotatable bonds is 4. The number of aromatic amines is 1. The maximum absolute atomic E-state index is 11.3. The summed E-state index contributed by atoms with van der Waals surface area (Å²) in [6.07, 6.45) is 5.33.